The van der Waals surface area contributed by atoms with Crippen molar-refractivity contribution in [3.63, 3.8) is 0 Å². The van der Waals surface area contributed by atoms with Crippen LogP contribution in [0.25, 0.3) is 16.7 Å². The van der Waals surface area contributed by atoms with Gasteiger partial charge in [0.2, 0.25) is 0 Å². The molecule has 1 amide bonds. The van der Waals surface area contributed by atoms with E-state index in [4.69, 9.17) is 0 Å². The Balaban J connectivity index is 1.62. The van der Waals surface area contributed by atoms with Crippen molar-refractivity contribution in [3.05, 3.63) is 60.3 Å². The van der Waals surface area contributed by atoms with E-state index in [1.165, 1.54) is 0 Å². The number of pyridine rings is 1. The van der Waals surface area contributed by atoms with Crippen LogP contribution in [-0.2, 0) is 0 Å². The van der Waals surface area contributed by atoms with Gasteiger partial charge in [-0.25, -0.2) is 4.98 Å². The van der Waals surface area contributed by atoms with E-state index < -0.39 is 0 Å². The highest BCUT2D eigenvalue weighted by molar-refractivity contribution is 5.94. The van der Waals surface area contributed by atoms with Crippen molar-refractivity contribution in [2.24, 2.45) is 5.92 Å². The number of aromatic nitrogens is 5. The van der Waals surface area contributed by atoms with Crippen LogP contribution < -0.4 is 5.32 Å². The predicted molar refractivity (Wildman–Crippen MR) is 98.7 cm³/mol. The third-order valence-corrected chi connectivity index (χ3v) is 4.30. The first kappa shape index (κ1) is 16.3. The third-order valence-electron chi connectivity index (χ3n) is 4.30. The van der Waals surface area contributed by atoms with Gasteiger partial charge in [0.05, 0.1) is 22.6 Å². The number of nitrogens with one attached hydrogen (secondary N) is 2. The quantitative estimate of drug-likeness (QED) is 0.580. The lowest BCUT2D eigenvalue weighted by Gasteiger charge is -2.18. The Hall–Kier alpha value is -3.22. The second-order valence-electron chi connectivity index (χ2n) is 6.81. The lowest BCUT2D eigenvalue weighted by molar-refractivity contribution is 0.0929. The summed E-state index contributed by atoms with van der Waals surface area (Å²) in [7, 11) is 0. The number of amides is 1. The number of carbonyl (C=O) groups excluding carboxylic acids is 1. The number of carbonyl (C=O) groups is 1. The minimum absolute atomic E-state index is 0.147. The molecule has 0 spiro atoms. The summed E-state index contributed by atoms with van der Waals surface area (Å²) in [6, 6.07) is 11.2. The van der Waals surface area contributed by atoms with Crippen LogP contribution in [0.5, 0.6) is 0 Å². The normalized spacial score (nSPS) is 12.7. The Morgan fingerprint density at radius 3 is 2.88 bits per heavy atom. The number of nitrogens with zero attached hydrogens (tertiary/aromatic N) is 4. The summed E-state index contributed by atoms with van der Waals surface area (Å²) in [6.45, 7) is 4.26. The maximum atomic E-state index is 12.8. The Bertz CT molecular complexity index is 1030. The first-order valence-electron chi connectivity index (χ1n) is 8.65. The number of para-hydroxylation sites is 2. The molecule has 0 saturated carbocycles. The smallest absolute Gasteiger partial charge is 0.253 e. The average molecular weight is 348 g/mol. The fourth-order valence-corrected chi connectivity index (χ4v) is 3.05. The second-order valence-corrected chi connectivity index (χ2v) is 6.81. The Kier molecular flexibility index (Phi) is 4.12. The van der Waals surface area contributed by atoms with Crippen LogP contribution >= 0.6 is 0 Å². The Morgan fingerprint density at radius 2 is 2.08 bits per heavy atom. The number of hydrogen-bond acceptors (Lipinski definition) is 4. The molecular formula is C19H20N6O. The summed E-state index contributed by atoms with van der Waals surface area (Å²) in [6.07, 6.45) is 4.10. The van der Waals surface area contributed by atoms with Crippen molar-refractivity contribution < 1.29 is 4.79 Å². The van der Waals surface area contributed by atoms with Gasteiger partial charge in [-0.1, -0.05) is 26.0 Å². The lowest BCUT2D eigenvalue weighted by atomic mass is 10.0. The number of H-pyrrole nitrogens is 1. The van der Waals surface area contributed by atoms with Gasteiger partial charge < -0.3 is 10.3 Å². The van der Waals surface area contributed by atoms with Crippen LogP contribution in [-0.4, -0.2) is 30.5 Å². The Morgan fingerprint density at radius 1 is 1.23 bits per heavy atom. The van der Waals surface area contributed by atoms with E-state index >= 15 is 0 Å². The standard InChI is InChI=1S/C19H20N6O/c1-12(2)9-16(18-21-14-5-3-4-6-15(14)22-18)23-19(26)13-7-8-17-24-20-11-25(17)10-13/h3-8,10-12,16H,9H2,1-2H3,(H,21,22)(H,23,26). The summed E-state index contributed by atoms with van der Waals surface area (Å²) < 4.78 is 1.73. The minimum Gasteiger partial charge on any atom is -0.342 e. The van der Waals surface area contributed by atoms with E-state index in [0.717, 1.165) is 23.3 Å². The molecule has 3 heterocycles. The van der Waals surface area contributed by atoms with Gasteiger partial charge in [0.1, 0.15) is 12.2 Å². The monoisotopic (exact) mass is 348 g/mol. The summed E-state index contributed by atoms with van der Waals surface area (Å²) in [5.41, 5.74) is 3.13. The van der Waals surface area contributed by atoms with E-state index in [0.29, 0.717) is 17.1 Å². The topological polar surface area (TPSA) is 88.0 Å². The SMILES string of the molecule is CC(C)CC(NC(=O)c1ccc2nncn2c1)c1nc2ccccc2[nH]1. The first-order chi connectivity index (χ1) is 12.6. The molecule has 7 nitrogen and oxygen atoms in total. The molecular weight excluding hydrogens is 328 g/mol. The van der Waals surface area contributed by atoms with Gasteiger partial charge in [-0.15, -0.1) is 10.2 Å². The molecule has 26 heavy (non-hydrogen) atoms. The summed E-state index contributed by atoms with van der Waals surface area (Å²) in [5, 5.41) is 10.9. The molecule has 1 atom stereocenters. The van der Waals surface area contributed by atoms with Crippen molar-refractivity contribution in [1.29, 1.82) is 0 Å². The van der Waals surface area contributed by atoms with Crippen molar-refractivity contribution in [1.82, 2.24) is 29.9 Å². The molecule has 1 aromatic carbocycles. The zero-order chi connectivity index (χ0) is 18.1. The molecule has 0 saturated heterocycles. The van der Waals surface area contributed by atoms with Gasteiger partial charge in [-0.2, -0.15) is 0 Å². The van der Waals surface area contributed by atoms with Gasteiger partial charge in [0, 0.05) is 6.20 Å². The van der Waals surface area contributed by atoms with Gasteiger partial charge in [-0.05, 0) is 36.6 Å². The number of benzene rings is 1. The van der Waals surface area contributed by atoms with Crippen molar-refractivity contribution in [2.45, 2.75) is 26.3 Å². The lowest BCUT2D eigenvalue weighted by Crippen LogP contribution is -2.30. The molecule has 3 aromatic heterocycles. The zero-order valence-electron chi connectivity index (χ0n) is 14.7. The van der Waals surface area contributed by atoms with Crippen LogP contribution in [0.15, 0.2) is 48.9 Å². The van der Waals surface area contributed by atoms with Gasteiger partial charge in [-0.3, -0.25) is 9.20 Å². The maximum absolute atomic E-state index is 12.8. The molecule has 4 aromatic rings. The van der Waals surface area contributed by atoms with Gasteiger partial charge in [0.25, 0.3) is 5.91 Å². The number of fused-ring (bicyclic) bond motifs is 2. The first-order valence-corrected chi connectivity index (χ1v) is 8.65. The second kappa shape index (κ2) is 6.59. The van der Waals surface area contributed by atoms with E-state index in [2.05, 4.69) is 39.3 Å². The van der Waals surface area contributed by atoms with Crippen molar-refractivity contribution in [2.75, 3.05) is 0 Å². The van der Waals surface area contributed by atoms with Crippen LogP contribution in [0.1, 0.15) is 42.5 Å². The van der Waals surface area contributed by atoms with Crippen molar-refractivity contribution in [3.8, 4) is 0 Å². The molecule has 132 valence electrons. The van der Waals surface area contributed by atoms with Crippen molar-refractivity contribution >= 4 is 22.6 Å². The van der Waals surface area contributed by atoms with E-state index in [9.17, 15) is 4.79 Å². The molecule has 2 N–H and O–H groups in total. The summed E-state index contributed by atoms with van der Waals surface area (Å²) in [4.78, 5) is 20.8. The van der Waals surface area contributed by atoms with Crippen LogP contribution in [0.2, 0.25) is 0 Å². The third kappa shape index (κ3) is 3.15. The van der Waals surface area contributed by atoms with E-state index in [1.807, 2.05) is 24.3 Å². The highest BCUT2D eigenvalue weighted by Gasteiger charge is 2.20. The van der Waals surface area contributed by atoms with E-state index in [1.54, 1.807) is 29.1 Å². The molecule has 0 aliphatic rings. The highest BCUT2D eigenvalue weighted by atomic mass is 16.1. The number of rotatable bonds is 5. The molecule has 0 radical (unpaired) electrons. The van der Waals surface area contributed by atoms with Crippen LogP contribution in [0.3, 0.4) is 0 Å². The van der Waals surface area contributed by atoms with E-state index in [-0.39, 0.29) is 11.9 Å². The fourth-order valence-electron chi connectivity index (χ4n) is 3.05. The predicted octanol–water partition coefficient (Wildman–Crippen LogP) is 3.12. The van der Waals surface area contributed by atoms with Gasteiger partial charge >= 0.3 is 0 Å². The summed E-state index contributed by atoms with van der Waals surface area (Å²) in [5.74, 6) is 1.04. The summed E-state index contributed by atoms with van der Waals surface area (Å²) >= 11 is 0. The molecule has 4 rings (SSSR count). The molecule has 0 aliphatic heterocycles. The number of aromatic amines is 1. The average Bonchev–Trinajstić information content (AvgIpc) is 3.26. The zero-order valence-corrected chi connectivity index (χ0v) is 14.7. The molecule has 0 fully saturated rings. The largest absolute Gasteiger partial charge is 0.342 e. The minimum atomic E-state index is -0.188. The maximum Gasteiger partial charge on any atom is 0.253 e. The van der Waals surface area contributed by atoms with Crippen LogP contribution in [0, 0.1) is 5.92 Å². The molecule has 0 bridgehead atoms. The molecule has 0 aliphatic carbocycles. The van der Waals surface area contributed by atoms with Gasteiger partial charge in [0.15, 0.2) is 5.65 Å². The van der Waals surface area contributed by atoms with Crippen LogP contribution in [0.4, 0.5) is 0 Å². The fraction of sp³-hybridized carbons (Fsp3) is 0.263. The molecule has 1 unspecified atom stereocenters. The number of hydrogen-bond donors (Lipinski definition) is 2. The Labute approximate surface area is 150 Å². The highest BCUT2D eigenvalue weighted by Crippen LogP contribution is 2.22. The molecule has 7 heteroatoms. The number of imidazole rings is 1.